The first-order valence-electron chi connectivity index (χ1n) is 12.9. The SMILES string of the molecule is CC1(C)[C@@H](O)CC[C@]2(C)[C@H]3CC[C@@H]4C5=CCCC[C@]5(C)CC[C@@]4(C)[C@]3(C)CC[C@@H]12. The summed E-state index contributed by atoms with van der Waals surface area (Å²) in [6.45, 7) is 15.4. The van der Waals surface area contributed by atoms with Crippen molar-refractivity contribution in [1.82, 2.24) is 0 Å². The summed E-state index contributed by atoms with van der Waals surface area (Å²) < 4.78 is 0. The van der Waals surface area contributed by atoms with E-state index in [9.17, 15) is 5.11 Å². The molecule has 4 saturated carbocycles. The number of hydrogen-bond donors (Lipinski definition) is 1. The van der Waals surface area contributed by atoms with Crippen LogP contribution in [0.2, 0.25) is 0 Å². The number of fused-ring (bicyclic) bond motifs is 7. The molecule has 0 unspecified atom stereocenters. The van der Waals surface area contributed by atoms with Crippen molar-refractivity contribution in [2.45, 2.75) is 118 Å². The lowest BCUT2D eigenvalue weighted by Gasteiger charge is -2.72. The fraction of sp³-hybridized carbons (Fsp3) is 0.929. The van der Waals surface area contributed by atoms with Crippen LogP contribution in [0.3, 0.4) is 0 Å². The van der Waals surface area contributed by atoms with Crippen LogP contribution >= 0.6 is 0 Å². The maximum atomic E-state index is 10.8. The lowest BCUT2D eigenvalue weighted by molar-refractivity contribution is -0.228. The van der Waals surface area contributed by atoms with Crippen molar-refractivity contribution in [1.29, 1.82) is 0 Å². The first kappa shape index (κ1) is 20.6. The van der Waals surface area contributed by atoms with E-state index in [1.54, 1.807) is 0 Å². The Morgan fingerprint density at radius 2 is 1.52 bits per heavy atom. The molecule has 0 saturated heterocycles. The minimum absolute atomic E-state index is 0.0725. The summed E-state index contributed by atoms with van der Waals surface area (Å²) in [7, 11) is 0. The van der Waals surface area contributed by atoms with Crippen LogP contribution in [0.5, 0.6) is 0 Å². The van der Waals surface area contributed by atoms with E-state index >= 15 is 0 Å². The van der Waals surface area contributed by atoms with Crippen molar-refractivity contribution >= 4 is 0 Å². The highest BCUT2D eigenvalue weighted by Gasteiger charge is 2.68. The van der Waals surface area contributed by atoms with Crippen molar-refractivity contribution in [3.05, 3.63) is 11.6 Å². The maximum Gasteiger partial charge on any atom is 0.0594 e. The number of aliphatic hydroxyl groups excluding tert-OH is 1. The summed E-state index contributed by atoms with van der Waals surface area (Å²) >= 11 is 0. The number of rotatable bonds is 0. The highest BCUT2D eigenvalue weighted by Crippen LogP contribution is 2.75. The zero-order chi connectivity index (χ0) is 20.9. The maximum absolute atomic E-state index is 10.8. The molecular weight excluding hydrogens is 352 g/mol. The molecule has 5 rings (SSSR count). The first-order chi connectivity index (χ1) is 13.5. The molecule has 0 bridgehead atoms. The minimum atomic E-state index is -0.111. The molecule has 8 atom stereocenters. The number of hydrogen-bond acceptors (Lipinski definition) is 1. The van der Waals surface area contributed by atoms with E-state index in [4.69, 9.17) is 0 Å². The van der Waals surface area contributed by atoms with Gasteiger partial charge in [0.2, 0.25) is 0 Å². The number of aliphatic hydroxyl groups is 1. The van der Waals surface area contributed by atoms with E-state index in [1.165, 1.54) is 64.2 Å². The van der Waals surface area contributed by atoms with Crippen LogP contribution < -0.4 is 0 Å². The smallest absolute Gasteiger partial charge is 0.0594 e. The van der Waals surface area contributed by atoms with Gasteiger partial charge in [0.05, 0.1) is 6.10 Å². The lowest BCUT2D eigenvalue weighted by Crippen LogP contribution is -2.65. The van der Waals surface area contributed by atoms with E-state index in [2.05, 4.69) is 47.6 Å². The van der Waals surface area contributed by atoms with Crippen LogP contribution in [0.4, 0.5) is 0 Å². The minimum Gasteiger partial charge on any atom is -0.393 e. The molecule has 4 fully saturated rings. The van der Waals surface area contributed by atoms with E-state index < -0.39 is 0 Å². The summed E-state index contributed by atoms with van der Waals surface area (Å²) in [4.78, 5) is 0. The standard InChI is InChI=1S/C28H46O/c1-24(2)21-12-16-28(6)22(26(21,4)15-13-23(24)29)11-10-20-19-9-7-8-14-25(19,3)17-18-27(20,28)5/h9,20-23,29H,7-8,10-18H2,1-6H3/t20-,21+,22-,23+,25-,26+,27-,28-/m1/s1. The summed E-state index contributed by atoms with van der Waals surface area (Å²) in [5.74, 6) is 2.33. The third-order valence-electron chi connectivity index (χ3n) is 12.4. The van der Waals surface area contributed by atoms with Crippen molar-refractivity contribution in [2.75, 3.05) is 0 Å². The van der Waals surface area contributed by atoms with Gasteiger partial charge < -0.3 is 5.11 Å². The Bertz CT molecular complexity index is 720. The normalized spacial score (nSPS) is 56.3. The summed E-state index contributed by atoms with van der Waals surface area (Å²) in [5, 5.41) is 10.8. The number of allylic oxidation sites excluding steroid dienone is 2. The van der Waals surface area contributed by atoms with Crippen LogP contribution in [0.1, 0.15) is 112 Å². The molecule has 0 aromatic heterocycles. The highest BCUT2D eigenvalue weighted by atomic mass is 16.3. The Labute approximate surface area is 180 Å². The monoisotopic (exact) mass is 398 g/mol. The molecule has 0 heterocycles. The van der Waals surface area contributed by atoms with E-state index in [1.807, 2.05) is 5.57 Å². The van der Waals surface area contributed by atoms with Crippen molar-refractivity contribution in [2.24, 2.45) is 44.8 Å². The van der Waals surface area contributed by atoms with Crippen LogP contribution in [0.15, 0.2) is 11.6 Å². The van der Waals surface area contributed by atoms with E-state index in [0.717, 1.165) is 18.3 Å². The van der Waals surface area contributed by atoms with Gasteiger partial charge in [-0.1, -0.05) is 53.2 Å². The van der Waals surface area contributed by atoms with E-state index in [0.29, 0.717) is 27.6 Å². The molecule has 0 aromatic carbocycles. The zero-order valence-corrected chi connectivity index (χ0v) is 20.1. The molecule has 1 heteroatoms. The van der Waals surface area contributed by atoms with Gasteiger partial charge in [0.25, 0.3) is 0 Å². The second-order valence-corrected chi connectivity index (χ2v) is 13.6. The highest BCUT2D eigenvalue weighted by molar-refractivity contribution is 5.29. The van der Waals surface area contributed by atoms with Crippen LogP contribution in [-0.2, 0) is 0 Å². The molecule has 0 amide bonds. The topological polar surface area (TPSA) is 20.2 Å². The molecule has 5 aliphatic carbocycles. The van der Waals surface area contributed by atoms with Crippen molar-refractivity contribution < 1.29 is 5.11 Å². The Balaban J connectivity index is 1.55. The molecule has 1 nitrogen and oxygen atoms in total. The Kier molecular flexibility index (Phi) is 4.36. The largest absolute Gasteiger partial charge is 0.393 e. The molecular formula is C28H46O. The first-order valence-corrected chi connectivity index (χ1v) is 12.9. The fourth-order valence-corrected chi connectivity index (χ4v) is 10.4. The van der Waals surface area contributed by atoms with Crippen LogP contribution in [-0.4, -0.2) is 11.2 Å². The second kappa shape index (κ2) is 6.14. The average molecular weight is 399 g/mol. The van der Waals surface area contributed by atoms with Gasteiger partial charge in [-0.15, -0.1) is 0 Å². The van der Waals surface area contributed by atoms with Gasteiger partial charge in [0, 0.05) is 0 Å². The van der Waals surface area contributed by atoms with Gasteiger partial charge in [0.1, 0.15) is 0 Å². The van der Waals surface area contributed by atoms with Crippen LogP contribution in [0.25, 0.3) is 0 Å². The van der Waals surface area contributed by atoms with Crippen LogP contribution in [0, 0.1) is 44.8 Å². The summed E-state index contributed by atoms with van der Waals surface area (Å²) in [6.07, 6.45) is 17.4. The van der Waals surface area contributed by atoms with Gasteiger partial charge in [-0.05, 0) is 115 Å². The van der Waals surface area contributed by atoms with Crippen molar-refractivity contribution in [3.63, 3.8) is 0 Å². The predicted octanol–water partition coefficient (Wildman–Crippen LogP) is 7.53. The molecule has 1 N–H and O–H groups in total. The Morgan fingerprint density at radius 3 is 2.28 bits per heavy atom. The molecule has 0 spiro atoms. The third kappa shape index (κ3) is 2.43. The summed E-state index contributed by atoms with van der Waals surface area (Å²) in [5.41, 5.74) is 3.79. The quantitative estimate of drug-likeness (QED) is 0.418. The van der Waals surface area contributed by atoms with Gasteiger partial charge in [0.15, 0.2) is 0 Å². The van der Waals surface area contributed by atoms with Gasteiger partial charge in [-0.3, -0.25) is 0 Å². The zero-order valence-electron chi connectivity index (χ0n) is 20.1. The predicted molar refractivity (Wildman–Crippen MR) is 122 cm³/mol. The molecule has 164 valence electrons. The lowest BCUT2D eigenvalue weighted by atomic mass is 9.33. The molecule has 29 heavy (non-hydrogen) atoms. The van der Waals surface area contributed by atoms with Crippen molar-refractivity contribution in [3.8, 4) is 0 Å². The molecule has 0 aliphatic heterocycles. The third-order valence-corrected chi connectivity index (χ3v) is 12.4. The Hall–Kier alpha value is -0.300. The average Bonchev–Trinajstić information content (AvgIpc) is 2.66. The fourth-order valence-electron chi connectivity index (χ4n) is 10.4. The molecule has 5 aliphatic rings. The molecule has 0 aromatic rings. The van der Waals surface area contributed by atoms with E-state index in [-0.39, 0.29) is 11.5 Å². The van der Waals surface area contributed by atoms with Gasteiger partial charge >= 0.3 is 0 Å². The van der Waals surface area contributed by atoms with Gasteiger partial charge in [-0.2, -0.15) is 0 Å². The summed E-state index contributed by atoms with van der Waals surface area (Å²) in [6, 6.07) is 0. The second-order valence-electron chi connectivity index (χ2n) is 13.6. The Morgan fingerprint density at radius 1 is 0.759 bits per heavy atom. The van der Waals surface area contributed by atoms with Gasteiger partial charge in [-0.25, -0.2) is 0 Å². The molecule has 0 radical (unpaired) electrons.